The maximum atomic E-state index is 9.11. The molecule has 1 N–H and O–H groups in total. The van der Waals surface area contributed by atoms with Crippen molar-refractivity contribution in [3.63, 3.8) is 0 Å². The van der Waals surface area contributed by atoms with E-state index in [-0.39, 0.29) is 6.02 Å². The van der Waals surface area contributed by atoms with E-state index in [0.29, 0.717) is 21.5 Å². The zero-order valence-corrected chi connectivity index (χ0v) is 18.2. The number of aliphatic imine (C=N–C) groups is 1. The molecule has 0 radical (unpaired) electrons. The van der Waals surface area contributed by atoms with Crippen LogP contribution in [0.25, 0.3) is 22.4 Å². The molecule has 0 spiro atoms. The number of nitriles is 1. The molecule has 0 atom stereocenters. The van der Waals surface area contributed by atoms with Crippen molar-refractivity contribution in [1.82, 2.24) is 10.3 Å². The Hall–Kier alpha value is -3.85. The van der Waals surface area contributed by atoms with E-state index in [2.05, 4.69) is 15.3 Å². The highest BCUT2D eigenvalue weighted by Gasteiger charge is 2.12. The van der Waals surface area contributed by atoms with Crippen LogP contribution in [0.3, 0.4) is 0 Å². The van der Waals surface area contributed by atoms with Crippen LogP contribution in [-0.4, -0.2) is 11.0 Å². The van der Waals surface area contributed by atoms with E-state index in [9.17, 15) is 0 Å². The van der Waals surface area contributed by atoms with Crippen LogP contribution >= 0.6 is 23.2 Å². The predicted molar refractivity (Wildman–Crippen MR) is 128 cm³/mol. The minimum Gasteiger partial charge on any atom is -0.425 e. The van der Waals surface area contributed by atoms with Gasteiger partial charge in [-0.25, -0.2) is 5.32 Å². The van der Waals surface area contributed by atoms with Crippen molar-refractivity contribution in [2.75, 3.05) is 0 Å². The molecule has 0 aliphatic carbocycles. The molecular formula is C25H16Cl2N4O. The highest BCUT2D eigenvalue weighted by molar-refractivity contribution is 6.31. The summed E-state index contributed by atoms with van der Waals surface area (Å²) in [4.78, 5) is 9.10. The zero-order valence-electron chi connectivity index (χ0n) is 16.7. The molecule has 0 fully saturated rings. The summed E-state index contributed by atoms with van der Waals surface area (Å²) in [6.45, 7) is 0. The van der Waals surface area contributed by atoms with Gasteiger partial charge in [0.05, 0.1) is 17.6 Å². The van der Waals surface area contributed by atoms with Crippen LogP contribution in [0.15, 0.2) is 96.1 Å². The van der Waals surface area contributed by atoms with Crippen molar-refractivity contribution in [1.29, 1.82) is 5.26 Å². The average Bonchev–Trinajstić information content (AvgIpc) is 2.81. The van der Waals surface area contributed by atoms with Crippen LogP contribution in [0.1, 0.15) is 0 Å². The van der Waals surface area contributed by atoms with Gasteiger partial charge in [-0.1, -0.05) is 65.7 Å². The summed E-state index contributed by atoms with van der Waals surface area (Å²) in [5.41, 5.74) is 3.96. The van der Waals surface area contributed by atoms with Gasteiger partial charge in [0.1, 0.15) is 5.75 Å². The Morgan fingerprint density at radius 3 is 2.12 bits per heavy atom. The molecular weight excluding hydrogens is 443 g/mol. The van der Waals surface area contributed by atoms with Crippen LogP contribution in [0.2, 0.25) is 10.0 Å². The Morgan fingerprint density at radius 1 is 0.875 bits per heavy atom. The highest BCUT2D eigenvalue weighted by Crippen LogP contribution is 2.34. The third-order valence-corrected chi connectivity index (χ3v) is 5.00. The lowest BCUT2D eigenvalue weighted by atomic mass is 9.99. The molecule has 3 aromatic carbocycles. The van der Waals surface area contributed by atoms with Crippen molar-refractivity contribution < 1.29 is 4.74 Å². The largest absolute Gasteiger partial charge is 0.425 e. The molecule has 0 saturated heterocycles. The summed E-state index contributed by atoms with van der Waals surface area (Å²) in [5, 5.41) is 12.9. The smallest absolute Gasteiger partial charge is 0.309 e. The lowest BCUT2D eigenvalue weighted by molar-refractivity contribution is 0.531. The Labute approximate surface area is 195 Å². The van der Waals surface area contributed by atoms with E-state index in [0.717, 1.165) is 22.4 Å². The van der Waals surface area contributed by atoms with E-state index in [4.69, 9.17) is 33.2 Å². The van der Waals surface area contributed by atoms with Gasteiger partial charge >= 0.3 is 6.02 Å². The van der Waals surface area contributed by atoms with Crippen LogP contribution in [0.4, 0.5) is 5.69 Å². The molecule has 0 saturated carbocycles. The Balaban J connectivity index is 1.78. The molecule has 0 amide bonds. The molecule has 4 aromatic rings. The number of nitrogens with one attached hydrogen (secondary N) is 1. The summed E-state index contributed by atoms with van der Waals surface area (Å²) in [5.74, 6) is 0.553. The number of hydrogen-bond acceptors (Lipinski definition) is 4. The normalized spacial score (nSPS) is 11.0. The number of nitrogens with zero attached hydrogens (tertiary/aromatic N) is 3. The fourth-order valence-electron chi connectivity index (χ4n) is 3.04. The van der Waals surface area contributed by atoms with Crippen molar-refractivity contribution in [2.45, 2.75) is 0 Å². The maximum Gasteiger partial charge on any atom is 0.309 e. The highest BCUT2D eigenvalue weighted by atomic mass is 35.5. The summed E-state index contributed by atoms with van der Waals surface area (Å²) < 4.78 is 5.70. The lowest BCUT2D eigenvalue weighted by Gasteiger charge is -2.12. The van der Waals surface area contributed by atoms with Gasteiger partial charge in [-0.2, -0.15) is 10.3 Å². The lowest BCUT2D eigenvalue weighted by Crippen LogP contribution is -2.24. The zero-order chi connectivity index (χ0) is 22.3. The van der Waals surface area contributed by atoms with Gasteiger partial charge in [-0.05, 0) is 48.0 Å². The van der Waals surface area contributed by atoms with Gasteiger partial charge in [0.25, 0.3) is 0 Å². The molecule has 0 aliphatic heterocycles. The molecule has 5 nitrogen and oxygen atoms in total. The van der Waals surface area contributed by atoms with Crippen LogP contribution < -0.4 is 10.1 Å². The first kappa shape index (κ1) is 21.4. The minimum atomic E-state index is 0.0433. The molecule has 32 heavy (non-hydrogen) atoms. The Bertz CT molecular complexity index is 1280. The SMILES string of the molecule is N#CNC(=Nc1cnc(-c2ccc(Cl)cc2)c(-c2ccc(Cl)cc2)c1)Oc1ccccc1. The van der Waals surface area contributed by atoms with E-state index in [1.807, 2.05) is 79.0 Å². The molecule has 1 aromatic heterocycles. The Kier molecular flexibility index (Phi) is 6.66. The summed E-state index contributed by atoms with van der Waals surface area (Å²) in [7, 11) is 0. The molecule has 0 unspecified atom stereocenters. The average molecular weight is 459 g/mol. The van der Waals surface area contributed by atoms with Crippen molar-refractivity contribution in [3.8, 4) is 34.3 Å². The third-order valence-electron chi connectivity index (χ3n) is 4.50. The fourth-order valence-corrected chi connectivity index (χ4v) is 3.30. The number of amidine groups is 1. The first-order chi connectivity index (χ1) is 15.6. The molecule has 4 rings (SSSR count). The second-order valence-electron chi connectivity index (χ2n) is 6.67. The number of rotatable bonds is 4. The van der Waals surface area contributed by atoms with E-state index < -0.39 is 0 Å². The van der Waals surface area contributed by atoms with E-state index >= 15 is 0 Å². The van der Waals surface area contributed by atoms with Gasteiger partial charge in [0, 0.05) is 21.2 Å². The first-order valence-corrected chi connectivity index (χ1v) is 10.4. The van der Waals surface area contributed by atoms with E-state index in [1.54, 1.807) is 18.3 Å². The standard InChI is InChI=1S/C25H16Cl2N4O/c26-19-10-6-17(7-11-19)23-14-21(15-29-24(23)18-8-12-20(27)13-9-18)31-25(30-16-28)32-22-4-2-1-3-5-22/h1-15H,(H,30,31). The number of ether oxygens (including phenoxy) is 1. The number of pyridine rings is 1. The van der Waals surface area contributed by atoms with Gasteiger partial charge in [0.2, 0.25) is 0 Å². The minimum absolute atomic E-state index is 0.0433. The molecule has 0 bridgehead atoms. The number of halogens is 2. The third kappa shape index (κ3) is 5.25. The summed E-state index contributed by atoms with van der Waals surface area (Å²) in [6, 6.07) is 25.9. The first-order valence-electron chi connectivity index (χ1n) is 9.61. The predicted octanol–water partition coefficient (Wildman–Crippen LogP) is 6.86. The number of hydrogen-bond donors (Lipinski definition) is 1. The van der Waals surface area contributed by atoms with Crippen molar-refractivity contribution in [3.05, 3.63) is 101 Å². The van der Waals surface area contributed by atoms with Crippen molar-refractivity contribution >= 4 is 34.9 Å². The second-order valence-corrected chi connectivity index (χ2v) is 7.55. The fraction of sp³-hybridized carbons (Fsp3) is 0. The van der Waals surface area contributed by atoms with Crippen molar-refractivity contribution in [2.24, 2.45) is 4.99 Å². The van der Waals surface area contributed by atoms with Gasteiger partial charge < -0.3 is 4.74 Å². The topological polar surface area (TPSA) is 70.3 Å². The maximum absolute atomic E-state index is 9.11. The summed E-state index contributed by atoms with van der Waals surface area (Å²) in [6.07, 6.45) is 3.47. The number of aromatic nitrogens is 1. The van der Waals surface area contributed by atoms with Crippen LogP contribution in [0, 0.1) is 11.5 Å². The summed E-state index contributed by atoms with van der Waals surface area (Å²) >= 11 is 12.1. The number of benzene rings is 3. The monoisotopic (exact) mass is 458 g/mol. The van der Waals surface area contributed by atoms with Gasteiger partial charge in [0.15, 0.2) is 6.19 Å². The molecule has 1 heterocycles. The Morgan fingerprint density at radius 2 is 1.50 bits per heavy atom. The van der Waals surface area contributed by atoms with E-state index in [1.165, 1.54) is 0 Å². The van der Waals surface area contributed by atoms with Gasteiger partial charge in [-0.15, -0.1) is 0 Å². The second kappa shape index (κ2) is 9.97. The number of para-hydroxylation sites is 1. The van der Waals surface area contributed by atoms with Crippen LogP contribution in [0.5, 0.6) is 5.75 Å². The van der Waals surface area contributed by atoms with Gasteiger partial charge in [-0.3, -0.25) is 4.98 Å². The quantitative estimate of drug-likeness (QED) is 0.157. The molecule has 0 aliphatic rings. The molecule has 7 heteroatoms. The molecule has 156 valence electrons. The van der Waals surface area contributed by atoms with Crippen LogP contribution in [-0.2, 0) is 0 Å².